The molecule has 1 amide bonds. The number of hydrogen-bond donors (Lipinski definition) is 1. The molecule has 0 spiro atoms. The molecule has 0 unspecified atom stereocenters. The van der Waals surface area contributed by atoms with Gasteiger partial charge in [-0.05, 0) is 12.8 Å². The third-order valence-corrected chi connectivity index (χ3v) is 5.44. The SMILES string of the molecule is O=C(CSc1nc(-c2ccccc2)c(-c2ccccc2)[nH]1)N1CCCC1. The Balaban J connectivity index is 1.60. The maximum Gasteiger partial charge on any atom is 0.233 e. The molecule has 0 radical (unpaired) electrons. The first-order valence-corrected chi connectivity index (χ1v) is 9.91. The molecule has 26 heavy (non-hydrogen) atoms. The second-order valence-electron chi connectivity index (χ2n) is 6.37. The van der Waals surface area contributed by atoms with Crippen LogP contribution >= 0.6 is 11.8 Å². The molecule has 0 atom stereocenters. The first-order chi connectivity index (χ1) is 12.8. The summed E-state index contributed by atoms with van der Waals surface area (Å²) in [5.74, 6) is 0.627. The molecule has 1 aromatic heterocycles. The van der Waals surface area contributed by atoms with Gasteiger partial charge in [0.1, 0.15) is 0 Å². The lowest BCUT2D eigenvalue weighted by atomic mass is 10.1. The third kappa shape index (κ3) is 3.68. The lowest BCUT2D eigenvalue weighted by molar-refractivity contribution is -0.127. The highest BCUT2D eigenvalue weighted by atomic mass is 32.2. The number of amides is 1. The molecule has 0 bridgehead atoms. The van der Waals surface area contributed by atoms with Crippen molar-refractivity contribution < 1.29 is 4.79 Å². The van der Waals surface area contributed by atoms with Gasteiger partial charge in [-0.2, -0.15) is 0 Å². The summed E-state index contributed by atoms with van der Waals surface area (Å²) >= 11 is 1.48. The predicted octanol–water partition coefficient (Wildman–Crippen LogP) is 4.46. The van der Waals surface area contributed by atoms with Crippen molar-refractivity contribution in [1.29, 1.82) is 0 Å². The van der Waals surface area contributed by atoms with E-state index in [4.69, 9.17) is 4.98 Å². The van der Waals surface area contributed by atoms with Crippen molar-refractivity contribution in [3.63, 3.8) is 0 Å². The van der Waals surface area contributed by atoms with Crippen LogP contribution in [0.4, 0.5) is 0 Å². The lowest BCUT2D eigenvalue weighted by Crippen LogP contribution is -2.29. The Kier molecular flexibility index (Phi) is 5.07. The molecule has 4 rings (SSSR count). The first kappa shape index (κ1) is 16.9. The minimum atomic E-state index is 0.200. The molecule has 0 aliphatic carbocycles. The molecule has 1 saturated heterocycles. The van der Waals surface area contributed by atoms with Gasteiger partial charge in [0.05, 0.1) is 17.1 Å². The molecule has 1 aliphatic rings. The smallest absolute Gasteiger partial charge is 0.233 e. The Labute approximate surface area is 157 Å². The Hall–Kier alpha value is -2.53. The highest BCUT2D eigenvalue weighted by molar-refractivity contribution is 7.99. The van der Waals surface area contributed by atoms with Crippen LogP contribution in [0, 0.1) is 0 Å². The molecule has 3 aromatic rings. The van der Waals surface area contributed by atoms with Gasteiger partial charge in [0.2, 0.25) is 5.91 Å². The number of imidazole rings is 1. The monoisotopic (exact) mass is 363 g/mol. The van der Waals surface area contributed by atoms with Crippen molar-refractivity contribution in [2.45, 2.75) is 18.0 Å². The van der Waals surface area contributed by atoms with Gasteiger partial charge in [0, 0.05) is 24.2 Å². The summed E-state index contributed by atoms with van der Waals surface area (Å²) < 4.78 is 0. The van der Waals surface area contributed by atoms with E-state index in [1.165, 1.54) is 11.8 Å². The fraction of sp³-hybridized carbons (Fsp3) is 0.238. The Morgan fingerprint density at radius 2 is 1.58 bits per heavy atom. The molecule has 0 saturated carbocycles. The fourth-order valence-electron chi connectivity index (χ4n) is 3.23. The van der Waals surface area contributed by atoms with Crippen LogP contribution in [0.1, 0.15) is 12.8 Å². The van der Waals surface area contributed by atoms with Crippen LogP contribution < -0.4 is 0 Å². The molecule has 1 aliphatic heterocycles. The summed E-state index contributed by atoms with van der Waals surface area (Å²) in [6, 6.07) is 20.4. The first-order valence-electron chi connectivity index (χ1n) is 8.93. The van der Waals surface area contributed by atoms with Crippen LogP contribution in [0.5, 0.6) is 0 Å². The maximum atomic E-state index is 12.3. The summed E-state index contributed by atoms with van der Waals surface area (Å²) in [6.45, 7) is 1.78. The van der Waals surface area contributed by atoms with Crippen molar-refractivity contribution in [1.82, 2.24) is 14.9 Å². The zero-order valence-electron chi connectivity index (χ0n) is 14.5. The molecular weight excluding hydrogens is 342 g/mol. The number of H-pyrrole nitrogens is 1. The topological polar surface area (TPSA) is 49.0 Å². The minimum absolute atomic E-state index is 0.200. The quantitative estimate of drug-likeness (QED) is 0.681. The summed E-state index contributed by atoms with van der Waals surface area (Å²) in [5, 5.41) is 0.787. The number of carbonyl (C=O) groups excluding carboxylic acids is 1. The summed E-state index contributed by atoms with van der Waals surface area (Å²) in [5.41, 5.74) is 4.08. The van der Waals surface area contributed by atoms with E-state index in [1.807, 2.05) is 41.3 Å². The van der Waals surface area contributed by atoms with Crippen molar-refractivity contribution in [2.75, 3.05) is 18.8 Å². The average Bonchev–Trinajstić information content (AvgIpc) is 3.38. The zero-order chi connectivity index (χ0) is 17.8. The number of nitrogens with zero attached hydrogens (tertiary/aromatic N) is 2. The zero-order valence-corrected chi connectivity index (χ0v) is 15.3. The van der Waals surface area contributed by atoms with Crippen LogP contribution in [0.3, 0.4) is 0 Å². The van der Waals surface area contributed by atoms with Crippen LogP contribution in [-0.2, 0) is 4.79 Å². The number of hydrogen-bond acceptors (Lipinski definition) is 3. The second-order valence-corrected chi connectivity index (χ2v) is 7.34. The van der Waals surface area contributed by atoms with Gasteiger partial charge >= 0.3 is 0 Å². The third-order valence-electron chi connectivity index (χ3n) is 4.58. The number of aromatic amines is 1. The number of likely N-dealkylation sites (tertiary alicyclic amines) is 1. The van der Waals surface area contributed by atoms with E-state index in [-0.39, 0.29) is 5.91 Å². The van der Waals surface area contributed by atoms with Crippen LogP contribution in [-0.4, -0.2) is 39.6 Å². The van der Waals surface area contributed by atoms with E-state index in [1.54, 1.807) is 0 Å². The molecule has 4 nitrogen and oxygen atoms in total. The molecule has 2 heterocycles. The van der Waals surface area contributed by atoms with Crippen molar-refractivity contribution in [3.05, 3.63) is 60.7 Å². The highest BCUT2D eigenvalue weighted by Gasteiger charge is 2.19. The normalized spacial score (nSPS) is 13.9. The van der Waals surface area contributed by atoms with Gasteiger partial charge < -0.3 is 9.88 Å². The Bertz CT molecular complexity index is 814. The number of nitrogens with one attached hydrogen (secondary N) is 1. The van der Waals surface area contributed by atoms with E-state index >= 15 is 0 Å². The molecule has 5 heteroatoms. The molecule has 2 aromatic carbocycles. The Morgan fingerprint density at radius 1 is 0.962 bits per heavy atom. The minimum Gasteiger partial charge on any atom is -0.342 e. The molecule has 1 N–H and O–H groups in total. The molecule has 132 valence electrons. The number of aromatic nitrogens is 2. The average molecular weight is 363 g/mol. The van der Waals surface area contributed by atoms with Gasteiger partial charge in [0.25, 0.3) is 0 Å². The Morgan fingerprint density at radius 3 is 2.23 bits per heavy atom. The fourth-order valence-corrected chi connectivity index (χ4v) is 4.00. The summed E-state index contributed by atoms with van der Waals surface area (Å²) in [4.78, 5) is 22.5. The number of rotatable bonds is 5. The van der Waals surface area contributed by atoms with Crippen LogP contribution in [0.2, 0.25) is 0 Å². The van der Waals surface area contributed by atoms with E-state index in [2.05, 4.69) is 29.2 Å². The van der Waals surface area contributed by atoms with E-state index in [0.717, 1.165) is 53.6 Å². The predicted molar refractivity (Wildman–Crippen MR) is 106 cm³/mol. The van der Waals surface area contributed by atoms with Gasteiger partial charge in [-0.1, -0.05) is 72.4 Å². The summed E-state index contributed by atoms with van der Waals surface area (Å²) in [6.07, 6.45) is 2.24. The van der Waals surface area contributed by atoms with E-state index in [0.29, 0.717) is 5.75 Å². The van der Waals surface area contributed by atoms with Crippen molar-refractivity contribution in [3.8, 4) is 22.5 Å². The lowest BCUT2D eigenvalue weighted by Gasteiger charge is -2.13. The van der Waals surface area contributed by atoms with Gasteiger partial charge in [-0.3, -0.25) is 4.79 Å². The standard InChI is InChI=1S/C21H21N3OS/c25-18(24-13-7-8-14-24)15-26-21-22-19(16-9-3-1-4-10-16)20(23-21)17-11-5-2-6-12-17/h1-6,9-12H,7-8,13-15H2,(H,22,23). The van der Waals surface area contributed by atoms with E-state index < -0.39 is 0 Å². The van der Waals surface area contributed by atoms with Crippen molar-refractivity contribution >= 4 is 17.7 Å². The largest absolute Gasteiger partial charge is 0.342 e. The highest BCUT2D eigenvalue weighted by Crippen LogP contribution is 2.32. The second kappa shape index (κ2) is 7.79. The molecular formula is C21H21N3OS. The van der Waals surface area contributed by atoms with Gasteiger partial charge in [0.15, 0.2) is 5.16 Å². The number of benzene rings is 2. The number of carbonyl (C=O) groups is 1. The van der Waals surface area contributed by atoms with Crippen LogP contribution in [0.15, 0.2) is 65.8 Å². The molecule has 1 fully saturated rings. The van der Waals surface area contributed by atoms with Crippen molar-refractivity contribution in [2.24, 2.45) is 0 Å². The van der Waals surface area contributed by atoms with E-state index in [9.17, 15) is 4.79 Å². The maximum absolute atomic E-state index is 12.3. The summed E-state index contributed by atoms with van der Waals surface area (Å²) in [7, 11) is 0. The van der Waals surface area contributed by atoms with Crippen LogP contribution in [0.25, 0.3) is 22.5 Å². The van der Waals surface area contributed by atoms with Gasteiger partial charge in [-0.25, -0.2) is 4.98 Å². The van der Waals surface area contributed by atoms with Gasteiger partial charge in [-0.15, -0.1) is 0 Å². The number of thioether (sulfide) groups is 1.